The third-order valence-electron chi connectivity index (χ3n) is 4.25. The summed E-state index contributed by atoms with van der Waals surface area (Å²) in [4.78, 5) is 17.3. The van der Waals surface area contributed by atoms with E-state index in [2.05, 4.69) is 29.4 Å². The second-order valence-electron chi connectivity index (χ2n) is 6.54. The molecule has 144 valence electrons. The van der Waals surface area contributed by atoms with E-state index >= 15 is 0 Å². The molecule has 0 unspecified atom stereocenters. The van der Waals surface area contributed by atoms with Crippen LogP contribution in [0, 0.1) is 0 Å². The van der Waals surface area contributed by atoms with Crippen LogP contribution in [0.15, 0.2) is 59.7 Å². The number of amides is 1. The summed E-state index contributed by atoms with van der Waals surface area (Å²) < 4.78 is 5.56. The number of para-hydroxylation sites is 1. The van der Waals surface area contributed by atoms with Crippen molar-refractivity contribution in [2.45, 2.75) is 33.1 Å². The Balaban J connectivity index is 1.73. The zero-order chi connectivity index (χ0) is 19.8. The van der Waals surface area contributed by atoms with E-state index in [1.165, 1.54) is 0 Å². The predicted molar refractivity (Wildman–Crippen MR) is 113 cm³/mol. The lowest BCUT2D eigenvalue weighted by atomic mass is 10.1. The molecule has 0 radical (unpaired) electrons. The number of carbonyl (C=O) groups excluding carboxylic acids is 1. The minimum Gasteiger partial charge on any atom is -0.494 e. The van der Waals surface area contributed by atoms with Gasteiger partial charge in [0.1, 0.15) is 5.75 Å². The number of carbonyl (C=O) groups is 1. The third kappa shape index (κ3) is 4.94. The van der Waals surface area contributed by atoms with Crippen molar-refractivity contribution in [3.63, 3.8) is 0 Å². The number of nitrogens with one attached hydrogen (secondary N) is 1. The van der Waals surface area contributed by atoms with E-state index in [1.54, 1.807) is 6.21 Å². The first-order chi connectivity index (χ1) is 13.7. The quantitative estimate of drug-likeness (QED) is 0.457. The maximum atomic E-state index is 12.7. The van der Waals surface area contributed by atoms with Gasteiger partial charge in [-0.2, -0.15) is 5.10 Å². The maximum absolute atomic E-state index is 12.7. The molecule has 0 aliphatic heterocycles. The molecule has 3 aromatic rings. The summed E-state index contributed by atoms with van der Waals surface area (Å²) in [5, 5.41) is 4.93. The fraction of sp³-hybridized carbons (Fsp3) is 0.261. The summed E-state index contributed by atoms with van der Waals surface area (Å²) in [6.45, 7) is 4.86. The first-order valence-electron chi connectivity index (χ1n) is 9.66. The number of pyridine rings is 1. The molecule has 1 amide bonds. The number of hydrazone groups is 1. The van der Waals surface area contributed by atoms with Gasteiger partial charge in [-0.05, 0) is 54.8 Å². The molecular weight excluding hydrogens is 350 g/mol. The number of hydrogen-bond acceptors (Lipinski definition) is 4. The standard InChI is InChI=1S/C23H25N3O2/c1-3-7-18-15-21(20-8-5-6-9-22(20)25-18)23(27)26-24-16-17-10-12-19(13-11-17)28-14-4-2/h5-6,8-13,15-16H,3-4,7,14H2,1-2H3,(H,26,27). The topological polar surface area (TPSA) is 63.6 Å². The average Bonchev–Trinajstić information content (AvgIpc) is 2.72. The maximum Gasteiger partial charge on any atom is 0.272 e. The molecule has 0 atom stereocenters. The molecule has 3 rings (SSSR count). The van der Waals surface area contributed by atoms with Crippen LogP contribution in [0.3, 0.4) is 0 Å². The largest absolute Gasteiger partial charge is 0.494 e. The van der Waals surface area contributed by atoms with Gasteiger partial charge in [0.2, 0.25) is 0 Å². The van der Waals surface area contributed by atoms with Gasteiger partial charge < -0.3 is 4.74 Å². The highest BCUT2D eigenvalue weighted by Gasteiger charge is 2.12. The van der Waals surface area contributed by atoms with Crippen LogP contribution in [0.5, 0.6) is 5.75 Å². The summed E-state index contributed by atoms with van der Waals surface area (Å²) >= 11 is 0. The van der Waals surface area contributed by atoms with E-state index < -0.39 is 0 Å². The Bertz CT molecular complexity index is 965. The van der Waals surface area contributed by atoms with E-state index in [0.29, 0.717) is 12.2 Å². The molecule has 0 saturated heterocycles. The molecule has 1 N–H and O–H groups in total. The van der Waals surface area contributed by atoms with Crippen LogP contribution >= 0.6 is 0 Å². The first kappa shape index (κ1) is 19.5. The summed E-state index contributed by atoms with van der Waals surface area (Å²) in [6.07, 6.45) is 4.40. The molecule has 0 aliphatic rings. The first-order valence-corrected chi connectivity index (χ1v) is 9.66. The van der Waals surface area contributed by atoms with E-state index in [9.17, 15) is 4.79 Å². The zero-order valence-electron chi connectivity index (χ0n) is 16.3. The van der Waals surface area contributed by atoms with Crippen LogP contribution in [0.2, 0.25) is 0 Å². The van der Waals surface area contributed by atoms with Crippen molar-refractivity contribution in [2.24, 2.45) is 5.10 Å². The monoisotopic (exact) mass is 375 g/mol. The highest BCUT2D eigenvalue weighted by Crippen LogP contribution is 2.19. The number of aryl methyl sites for hydroxylation is 1. The van der Waals surface area contributed by atoms with Crippen molar-refractivity contribution >= 4 is 23.0 Å². The SMILES string of the molecule is CCCOc1ccc(C=NNC(=O)c2cc(CCC)nc3ccccc23)cc1. The van der Waals surface area contributed by atoms with Crippen molar-refractivity contribution in [3.8, 4) is 5.75 Å². The number of rotatable bonds is 8. The normalized spacial score (nSPS) is 11.1. The molecule has 1 aromatic heterocycles. The minimum absolute atomic E-state index is 0.241. The van der Waals surface area contributed by atoms with Gasteiger partial charge in [0.15, 0.2) is 0 Å². The van der Waals surface area contributed by atoms with Gasteiger partial charge in [0, 0.05) is 11.1 Å². The second-order valence-corrected chi connectivity index (χ2v) is 6.54. The number of ether oxygens (including phenoxy) is 1. The van der Waals surface area contributed by atoms with Gasteiger partial charge in [-0.1, -0.05) is 38.5 Å². The van der Waals surface area contributed by atoms with Gasteiger partial charge in [0.25, 0.3) is 5.91 Å². The fourth-order valence-electron chi connectivity index (χ4n) is 2.90. The summed E-state index contributed by atoms with van der Waals surface area (Å²) in [5.41, 5.74) is 5.85. The highest BCUT2D eigenvalue weighted by atomic mass is 16.5. The van der Waals surface area contributed by atoms with Crippen LogP contribution in [-0.2, 0) is 6.42 Å². The number of aromatic nitrogens is 1. The van der Waals surface area contributed by atoms with Crippen LogP contribution in [0.25, 0.3) is 10.9 Å². The summed E-state index contributed by atoms with van der Waals surface area (Å²) in [5.74, 6) is 0.588. The van der Waals surface area contributed by atoms with Gasteiger partial charge in [-0.3, -0.25) is 9.78 Å². The highest BCUT2D eigenvalue weighted by molar-refractivity contribution is 6.06. The molecule has 28 heavy (non-hydrogen) atoms. The third-order valence-corrected chi connectivity index (χ3v) is 4.25. The fourth-order valence-corrected chi connectivity index (χ4v) is 2.90. The number of benzene rings is 2. The Hall–Kier alpha value is -3.21. The molecular formula is C23H25N3O2. The van der Waals surface area contributed by atoms with Crippen molar-refractivity contribution < 1.29 is 9.53 Å². The van der Waals surface area contributed by atoms with Gasteiger partial charge in [0.05, 0.1) is 23.9 Å². The van der Waals surface area contributed by atoms with Gasteiger partial charge >= 0.3 is 0 Å². The van der Waals surface area contributed by atoms with Crippen molar-refractivity contribution in [1.29, 1.82) is 0 Å². The molecule has 2 aromatic carbocycles. The molecule has 0 bridgehead atoms. The lowest BCUT2D eigenvalue weighted by Gasteiger charge is -2.08. The van der Waals surface area contributed by atoms with Crippen LogP contribution in [0.1, 0.15) is 48.3 Å². The van der Waals surface area contributed by atoms with Gasteiger partial charge in [-0.15, -0.1) is 0 Å². The Morgan fingerprint density at radius 3 is 2.64 bits per heavy atom. The van der Waals surface area contributed by atoms with Crippen molar-refractivity contribution in [3.05, 3.63) is 71.4 Å². The van der Waals surface area contributed by atoms with Crippen LogP contribution < -0.4 is 10.2 Å². The molecule has 0 aliphatic carbocycles. The average molecular weight is 375 g/mol. The van der Waals surface area contributed by atoms with Crippen molar-refractivity contribution in [1.82, 2.24) is 10.4 Å². The van der Waals surface area contributed by atoms with E-state index in [-0.39, 0.29) is 5.91 Å². The predicted octanol–water partition coefficient (Wildman–Crippen LogP) is 4.74. The van der Waals surface area contributed by atoms with E-state index in [1.807, 2.05) is 54.6 Å². The van der Waals surface area contributed by atoms with Gasteiger partial charge in [-0.25, -0.2) is 5.43 Å². The molecule has 0 saturated carbocycles. The van der Waals surface area contributed by atoms with Crippen LogP contribution in [-0.4, -0.2) is 23.7 Å². The number of nitrogens with zero attached hydrogens (tertiary/aromatic N) is 2. The molecule has 0 spiro atoms. The number of hydrogen-bond donors (Lipinski definition) is 1. The summed E-state index contributed by atoms with van der Waals surface area (Å²) in [6, 6.07) is 17.1. The molecule has 0 fully saturated rings. The Kier molecular flexibility index (Phi) is 6.73. The smallest absolute Gasteiger partial charge is 0.272 e. The second kappa shape index (κ2) is 9.65. The van der Waals surface area contributed by atoms with Crippen molar-refractivity contribution in [2.75, 3.05) is 6.61 Å². The lowest BCUT2D eigenvalue weighted by molar-refractivity contribution is 0.0956. The molecule has 5 nitrogen and oxygen atoms in total. The Labute approximate surface area is 165 Å². The minimum atomic E-state index is -0.241. The Morgan fingerprint density at radius 2 is 1.89 bits per heavy atom. The molecule has 1 heterocycles. The zero-order valence-corrected chi connectivity index (χ0v) is 16.3. The summed E-state index contributed by atoms with van der Waals surface area (Å²) in [7, 11) is 0. The number of fused-ring (bicyclic) bond motifs is 1. The lowest BCUT2D eigenvalue weighted by Crippen LogP contribution is -2.18. The Morgan fingerprint density at radius 1 is 1.11 bits per heavy atom. The van der Waals surface area contributed by atoms with Crippen LogP contribution in [0.4, 0.5) is 0 Å². The molecule has 5 heteroatoms. The van der Waals surface area contributed by atoms with E-state index in [4.69, 9.17) is 4.74 Å². The van der Waals surface area contributed by atoms with E-state index in [0.717, 1.165) is 47.2 Å².